The summed E-state index contributed by atoms with van der Waals surface area (Å²) in [5.74, 6) is 0. The van der Waals surface area contributed by atoms with Crippen LogP contribution in [0.4, 0.5) is 0 Å². The minimum atomic E-state index is 0.678. The van der Waals surface area contributed by atoms with Gasteiger partial charge in [0.1, 0.15) is 0 Å². The first-order chi connectivity index (χ1) is 6.95. The molecule has 14 heavy (non-hydrogen) atoms. The Bertz CT molecular complexity index is 254. The molecule has 0 unspecified atom stereocenters. The summed E-state index contributed by atoms with van der Waals surface area (Å²) >= 11 is 0. The highest BCUT2D eigenvalue weighted by Crippen LogP contribution is 2.14. The number of piperidine rings is 1. The highest BCUT2D eigenvalue weighted by Gasteiger charge is 2.10. The molecule has 2 heteroatoms. The third-order valence-electron chi connectivity index (χ3n) is 2.41. The van der Waals surface area contributed by atoms with E-state index in [2.05, 4.69) is 18.7 Å². The summed E-state index contributed by atoms with van der Waals surface area (Å²) < 4.78 is 0. The van der Waals surface area contributed by atoms with Gasteiger partial charge < -0.3 is 0 Å². The zero-order chi connectivity index (χ0) is 9.64. The van der Waals surface area contributed by atoms with Gasteiger partial charge in [0.05, 0.1) is 13.2 Å². The maximum atomic E-state index is 5.65. The van der Waals surface area contributed by atoms with Crippen molar-refractivity contribution in [1.82, 2.24) is 5.06 Å². The van der Waals surface area contributed by atoms with Gasteiger partial charge in [-0.25, -0.2) is 0 Å². The normalized spacial score (nSPS) is 18.3. The van der Waals surface area contributed by atoms with Gasteiger partial charge in [-0.05, 0) is 18.4 Å². The number of hydrogen-bond acceptors (Lipinski definition) is 2. The van der Waals surface area contributed by atoms with Gasteiger partial charge in [-0.3, -0.25) is 4.84 Å². The largest absolute Gasteiger partial charge is 0.294 e. The first kappa shape index (κ1) is 9.69. The Morgan fingerprint density at radius 2 is 2.00 bits per heavy atom. The van der Waals surface area contributed by atoms with Crippen LogP contribution in [0.2, 0.25) is 0 Å². The van der Waals surface area contributed by atoms with Crippen LogP contribution in [0.5, 0.6) is 0 Å². The summed E-state index contributed by atoms with van der Waals surface area (Å²) in [5.41, 5.74) is 1.23. The van der Waals surface area contributed by atoms with Gasteiger partial charge in [-0.1, -0.05) is 36.8 Å². The van der Waals surface area contributed by atoms with Gasteiger partial charge in [-0.2, -0.15) is 5.06 Å². The van der Waals surface area contributed by atoms with Crippen molar-refractivity contribution in [2.45, 2.75) is 25.9 Å². The summed E-state index contributed by atoms with van der Waals surface area (Å²) in [4.78, 5) is 5.65. The van der Waals surface area contributed by atoms with Crippen LogP contribution in [-0.2, 0) is 11.4 Å². The molecule has 1 aliphatic heterocycles. The Labute approximate surface area is 85.4 Å². The molecule has 1 heterocycles. The highest BCUT2D eigenvalue weighted by molar-refractivity contribution is 5.13. The van der Waals surface area contributed by atoms with Crippen molar-refractivity contribution in [3.05, 3.63) is 42.4 Å². The molecule has 2 rings (SSSR count). The van der Waals surface area contributed by atoms with Crippen molar-refractivity contribution in [2.75, 3.05) is 6.54 Å². The molecule has 0 atom stereocenters. The maximum absolute atomic E-state index is 5.65. The average molecular weight is 190 g/mol. The second-order valence-electron chi connectivity index (χ2n) is 3.58. The summed E-state index contributed by atoms with van der Waals surface area (Å²) in [6.07, 6.45) is 3.69. The monoisotopic (exact) mass is 190 g/mol. The standard InChI is InChI=1S/C12H16NO/c1-3-7-12(8-4-1)11-14-13-9-5-2-6-10-13/h1,3-4,7-9H,2,5-6,10-11H2. The molecule has 0 aliphatic carbocycles. The van der Waals surface area contributed by atoms with E-state index >= 15 is 0 Å². The van der Waals surface area contributed by atoms with Crippen molar-refractivity contribution < 1.29 is 4.84 Å². The summed E-state index contributed by atoms with van der Waals surface area (Å²) in [5, 5.41) is 1.97. The highest BCUT2D eigenvalue weighted by atomic mass is 16.7. The van der Waals surface area contributed by atoms with Gasteiger partial charge in [-0.15, -0.1) is 0 Å². The van der Waals surface area contributed by atoms with Gasteiger partial charge in [0.2, 0.25) is 0 Å². The Morgan fingerprint density at radius 3 is 2.71 bits per heavy atom. The molecule has 0 amide bonds. The quantitative estimate of drug-likeness (QED) is 0.726. The van der Waals surface area contributed by atoms with Crippen molar-refractivity contribution >= 4 is 0 Å². The Kier molecular flexibility index (Phi) is 3.55. The van der Waals surface area contributed by atoms with E-state index in [0.29, 0.717) is 6.61 Å². The Hall–Kier alpha value is -0.860. The van der Waals surface area contributed by atoms with Crippen LogP contribution in [0, 0.1) is 6.54 Å². The van der Waals surface area contributed by atoms with Crippen molar-refractivity contribution in [3.8, 4) is 0 Å². The fraction of sp³-hybridized carbons (Fsp3) is 0.417. The molecule has 0 N–H and O–H groups in total. The molecule has 0 bridgehead atoms. The fourth-order valence-corrected chi connectivity index (χ4v) is 1.59. The van der Waals surface area contributed by atoms with E-state index in [-0.39, 0.29) is 0 Å². The zero-order valence-corrected chi connectivity index (χ0v) is 8.36. The lowest BCUT2D eigenvalue weighted by Gasteiger charge is -2.24. The van der Waals surface area contributed by atoms with Crippen LogP contribution >= 0.6 is 0 Å². The molecule has 0 saturated carbocycles. The molecular weight excluding hydrogens is 174 g/mol. The number of rotatable bonds is 3. The second kappa shape index (κ2) is 5.13. The molecule has 1 radical (unpaired) electrons. The molecule has 2 nitrogen and oxygen atoms in total. The van der Waals surface area contributed by atoms with Crippen molar-refractivity contribution in [3.63, 3.8) is 0 Å². The predicted molar refractivity (Wildman–Crippen MR) is 56.1 cm³/mol. The van der Waals surface area contributed by atoms with Crippen LogP contribution in [-0.4, -0.2) is 11.6 Å². The topological polar surface area (TPSA) is 12.5 Å². The van der Waals surface area contributed by atoms with Crippen molar-refractivity contribution in [2.24, 2.45) is 0 Å². The van der Waals surface area contributed by atoms with Crippen LogP contribution in [0.3, 0.4) is 0 Å². The van der Waals surface area contributed by atoms with Crippen LogP contribution in [0.15, 0.2) is 30.3 Å². The van der Waals surface area contributed by atoms with E-state index in [1.165, 1.54) is 18.4 Å². The van der Waals surface area contributed by atoms with Gasteiger partial charge in [0.25, 0.3) is 0 Å². The number of nitrogens with zero attached hydrogens (tertiary/aromatic N) is 1. The number of hydroxylamine groups is 2. The van der Waals surface area contributed by atoms with E-state index in [0.717, 1.165) is 13.0 Å². The Morgan fingerprint density at radius 1 is 1.14 bits per heavy atom. The summed E-state index contributed by atoms with van der Waals surface area (Å²) in [6, 6.07) is 10.3. The molecule has 0 aromatic heterocycles. The van der Waals surface area contributed by atoms with E-state index < -0.39 is 0 Å². The van der Waals surface area contributed by atoms with Crippen molar-refractivity contribution in [1.29, 1.82) is 0 Å². The minimum absolute atomic E-state index is 0.678. The first-order valence-electron chi connectivity index (χ1n) is 5.22. The minimum Gasteiger partial charge on any atom is -0.294 e. The fourth-order valence-electron chi connectivity index (χ4n) is 1.59. The predicted octanol–water partition coefficient (Wildman–Crippen LogP) is 2.77. The molecule has 75 valence electrons. The molecule has 0 spiro atoms. The van der Waals surface area contributed by atoms with Gasteiger partial charge in [0, 0.05) is 6.54 Å². The van der Waals surface area contributed by atoms with Crippen LogP contribution in [0.25, 0.3) is 0 Å². The lowest BCUT2D eigenvalue weighted by molar-refractivity contribution is -0.156. The smallest absolute Gasteiger partial charge is 0.0936 e. The first-order valence-corrected chi connectivity index (χ1v) is 5.22. The zero-order valence-electron chi connectivity index (χ0n) is 8.36. The summed E-state index contributed by atoms with van der Waals surface area (Å²) in [7, 11) is 0. The summed E-state index contributed by atoms with van der Waals surface area (Å²) in [6.45, 7) is 3.86. The molecule has 1 aromatic rings. The Balaban J connectivity index is 1.76. The molecule has 1 saturated heterocycles. The maximum Gasteiger partial charge on any atom is 0.0936 e. The van der Waals surface area contributed by atoms with Crippen LogP contribution < -0.4 is 0 Å². The van der Waals surface area contributed by atoms with E-state index in [9.17, 15) is 0 Å². The van der Waals surface area contributed by atoms with E-state index in [4.69, 9.17) is 4.84 Å². The SMILES string of the molecule is [CH]1CCCCN1OCc1ccccc1. The number of benzene rings is 1. The number of hydrogen-bond donors (Lipinski definition) is 0. The third kappa shape index (κ3) is 2.82. The average Bonchev–Trinajstić information content (AvgIpc) is 2.29. The molecule has 1 aliphatic rings. The van der Waals surface area contributed by atoms with Gasteiger partial charge in [0.15, 0.2) is 0 Å². The van der Waals surface area contributed by atoms with Crippen LogP contribution in [0.1, 0.15) is 24.8 Å². The second-order valence-corrected chi connectivity index (χ2v) is 3.58. The molecule has 1 aromatic carbocycles. The lowest BCUT2D eigenvalue weighted by atomic mass is 10.2. The van der Waals surface area contributed by atoms with E-state index in [1.54, 1.807) is 0 Å². The van der Waals surface area contributed by atoms with E-state index in [1.807, 2.05) is 23.3 Å². The molecular formula is C12H16NO. The third-order valence-corrected chi connectivity index (χ3v) is 2.41. The lowest BCUT2D eigenvalue weighted by Crippen LogP contribution is -2.25. The van der Waals surface area contributed by atoms with Gasteiger partial charge >= 0.3 is 0 Å². The molecule has 1 fully saturated rings.